The number of hydrogen-bond acceptors (Lipinski definition) is 3. The van der Waals surface area contributed by atoms with Gasteiger partial charge >= 0.3 is 0 Å². The van der Waals surface area contributed by atoms with Crippen LogP contribution in [0.5, 0.6) is 0 Å². The van der Waals surface area contributed by atoms with Gasteiger partial charge in [-0.1, -0.05) is 0 Å². The van der Waals surface area contributed by atoms with Crippen LogP contribution in [-0.2, 0) is 4.74 Å². The van der Waals surface area contributed by atoms with Crippen molar-refractivity contribution in [2.45, 2.75) is 37.8 Å². The van der Waals surface area contributed by atoms with Gasteiger partial charge in [-0.3, -0.25) is 0 Å². The van der Waals surface area contributed by atoms with Crippen molar-refractivity contribution >= 4 is 0 Å². The largest absolute Gasteiger partial charge is 0.383 e. The van der Waals surface area contributed by atoms with Gasteiger partial charge in [0.05, 0.1) is 6.61 Å². The van der Waals surface area contributed by atoms with E-state index in [1.807, 2.05) is 0 Å². The van der Waals surface area contributed by atoms with Crippen molar-refractivity contribution < 1.29 is 4.74 Å². The van der Waals surface area contributed by atoms with Crippen molar-refractivity contribution in [2.75, 3.05) is 33.9 Å². The zero-order valence-electron chi connectivity index (χ0n) is 10.0. The van der Waals surface area contributed by atoms with Gasteiger partial charge in [-0.25, -0.2) is 0 Å². The zero-order valence-corrected chi connectivity index (χ0v) is 10.0. The van der Waals surface area contributed by atoms with Gasteiger partial charge in [-0.15, -0.1) is 0 Å². The molecule has 3 heteroatoms. The summed E-state index contributed by atoms with van der Waals surface area (Å²) in [7, 11) is 4.06. The van der Waals surface area contributed by atoms with E-state index in [4.69, 9.17) is 4.74 Å². The highest BCUT2D eigenvalue weighted by Crippen LogP contribution is 2.26. The molecular formula is C12H24N2O. The monoisotopic (exact) mass is 212 g/mol. The number of nitrogens with zero attached hydrogens (tertiary/aromatic N) is 1. The SMILES string of the molecule is COCC1CC(CC2CCCN2C)CN1. The Kier molecular flexibility index (Phi) is 4.00. The first-order valence-corrected chi connectivity index (χ1v) is 6.22. The fraction of sp³-hybridized carbons (Fsp3) is 1.00. The fourth-order valence-electron chi connectivity index (χ4n) is 3.07. The average molecular weight is 212 g/mol. The number of ether oxygens (including phenoxy) is 1. The molecule has 2 aliphatic rings. The molecular weight excluding hydrogens is 188 g/mol. The lowest BCUT2D eigenvalue weighted by molar-refractivity contribution is 0.171. The fourth-order valence-corrected chi connectivity index (χ4v) is 3.07. The second kappa shape index (κ2) is 5.28. The lowest BCUT2D eigenvalue weighted by atomic mass is 9.96. The van der Waals surface area contributed by atoms with Crippen LogP contribution in [0.1, 0.15) is 25.7 Å². The normalized spacial score (nSPS) is 37.6. The molecule has 2 rings (SSSR count). The maximum Gasteiger partial charge on any atom is 0.0615 e. The van der Waals surface area contributed by atoms with E-state index in [-0.39, 0.29) is 0 Å². The molecule has 3 nitrogen and oxygen atoms in total. The van der Waals surface area contributed by atoms with Gasteiger partial charge in [-0.05, 0) is 51.7 Å². The topological polar surface area (TPSA) is 24.5 Å². The Hall–Kier alpha value is -0.120. The molecule has 0 saturated carbocycles. The lowest BCUT2D eigenvalue weighted by Gasteiger charge is -2.22. The van der Waals surface area contributed by atoms with Crippen LogP contribution in [-0.4, -0.2) is 50.8 Å². The van der Waals surface area contributed by atoms with Crippen molar-refractivity contribution in [1.82, 2.24) is 10.2 Å². The molecule has 1 N–H and O–H groups in total. The first kappa shape index (κ1) is 11.4. The summed E-state index contributed by atoms with van der Waals surface area (Å²) in [6.07, 6.45) is 5.48. The quantitative estimate of drug-likeness (QED) is 0.755. The summed E-state index contributed by atoms with van der Waals surface area (Å²) in [4.78, 5) is 2.53. The molecule has 0 aromatic carbocycles. The van der Waals surface area contributed by atoms with Crippen LogP contribution < -0.4 is 5.32 Å². The average Bonchev–Trinajstić information content (AvgIpc) is 2.79. The molecule has 0 amide bonds. The van der Waals surface area contributed by atoms with Crippen LogP contribution in [0.25, 0.3) is 0 Å². The van der Waals surface area contributed by atoms with Gasteiger partial charge in [0.15, 0.2) is 0 Å². The standard InChI is InChI=1S/C12H24N2O/c1-14-5-3-4-12(14)7-10-6-11(9-15-2)13-8-10/h10-13H,3-9H2,1-2H3. The molecule has 2 fully saturated rings. The second-order valence-electron chi connectivity index (χ2n) is 5.17. The zero-order chi connectivity index (χ0) is 10.7. The lowest BCUT2D eigenvalue weighted by Crippen LogP contribution is -2.27. The van der Waals surface area contributed by atoms with Crippen molar-refractivity contribution in [1.29, 1.82) is 0 Å². The van der Waals surface area contributed by atoms with E-state index in [1.165, 1.54) is 38.8 Å². The van der Waals surface area contributed by atoms with Gasteiger partial charge in [0.2, 0.25) is 0 Å². The van der Waals surface area contributed by atoms with E-state index in [0.29, 0.717) is 6.04 Å². The molecule has 3 unspecified atom stereocenters. The molecule has 15 heavy (non-hydrogen) atoms. The molecule has 0 aliphatic carbocycles. The Balaban J connectivity index is 1.72. The van der Waals surface area contributed by atoms with Crippen LogP contribution in [0, 0.1) is 5.92 Å². The van der Waals surface area contributed by atoms with Crippen LogP contribution in [0.3, 0.4) is 0 Å². The van der Waals surface area contributed by atoms with E-state index in [9.17, 15) is 0 Å². The highest BCUT2D eigenvalue weighted by molar-refractivity contribution is 4.86. The Morgan fingerprint density at radius 2 is 2.33 bits per heavy atom. The second-order valence-corrected chi connectivity index (χ2v) is 5.17. The number of hydrogen-bond donors (Lipinski definition) is 1. The maximum atomic E-state index is 5.19. The van der Waals surface area contributed by atoms with Crippen molar-refractivity contribution in [2.24, 2.45) is 5.92 Å². The van der Waals surface area contributed by atoms with E-state index >= 15 is 0 Å². The highest BCUT2D eigenvalue weighted by Gasteiger charge is 2.29. The summed E-state index contributed by atoms with van der Waals surface area (Å²) in [5.74, 6) is 0.871. The van der Waals surface area contributed by atoms with Gasteiger partial charge in [0, 0.05) is 19.2 Å². The molecule has 0 radical (unpaired) electrons. The smallest absolute Gasteiger partial charge is 0.0615 e. The molecule has 88 valence electrons. The Labute approximate surface area is 93.2 Å². The first-order chi connectivity index (χ1) is 7.29. The Bertz CT molecular complexity index is 198. The number of likely N-dealkylation sites (tertiary alicyclic amines) is 1. The number of rotatable bonds is 4. The molecule has 2 heterocycles. The van der Waals surface area contributed by atoms with E-state index in [1.54, 1.807) is 7.11 Å². The number of nitrogens with one attached hydrogen (secondary N) is 1. The van der Waals surface area contributed by atoms with Gasteiger partial charge in [-0.2, -0.15) is 0 Å². The highest BCUT2D eigenvalue weighted by atomic mass is 16.5. The minimum absolute atomic E-state index is 0.603. The third kappa shape index (κ3) is 2.92. The van der Waals surface area contributed by atoms with Crippen LogP contribution in [0.2, 0.25) is 0 Å². The van der Waals surface area contributed by atoms with E-state index in [2.05, 4.69) is 17.3 Å². The van der Waals surface area contributed by atoms with E-state index < -0.39 is 0 Å². The van der Waals surface area contributed by atoms with Gasteiger partial charge in [0.25, 0.3) is 0 Å². The van der Waals surface area contributed by atoms with Crippen molar-refractivity contribution in [3.63, 3.8) is 0 Å². The van der Waals surface area contributed by atoms with Crippen LogP contribution in [0.4, 0.5) is 0 Å². The molecule has 3 atom stereocenters. The predicted molar refractivity (Wildman–Crippen MR) is 62.0 cm³/mol. The summed E-state index contributed by atoms with van der Waals surface area (Å²) in [6.45, 7) is 3.36. The molecule has 0 bridgehead atoms. The number of methoxy groups -OCH3 is 1. The summed E-state index contributed by atoms with van der Waals surface area (Å²) in [5, 5.41) is 3.55. The molecule has 0 aromatic heterocycles. The Morgan fingerprint density at radius 1 is 1.47 bits per heavy atom. The minimum Gasteiger partial charge on any atom is -0.383 e. The summed E-state index contributed by atoms with van der Waals surface area (Å²) >= 11 is 0. The first-order valence-electron chi connectivity index (χ1n) is 6.22. The van der Waals surface area contributed by atoms with Crippen LogP contribution in [0.15, 0.2) is 0 Å². The molecule has 2 saturated heterocycles. The molecule has 2 aliphatic heterocycles. The van der Waals surface area contributed by atoms with Crippen molar-refractivity contribution in [3.05, 3.63) is 0 Å². The van der Waals surface area contributed by atoms with Gasteiger partial charge < -0.3 is 15.0 Å². The summed E-state index contributed by atoms with van der Waals surface area (Å²) in [6, 6.07) is 1.45. The summed E-state index contributed by atoms with van der Waals surface area (Å²) < 4.78 is 5.19. The minimum atomic E-state index is 0.603. The van der Waals surface area contributed by atoms with Crippen LogP contribution >= 0.6 is 0 Å². The molecule has 0 spiro atoms. The Morgan fingerprint density at radius 3 is 3.00 bits per heavy atom. The van der Waals surface area contributed by atoms with Gasteiger partial charge in [0.1, 0.15) is 0 Å². The van der Waals surface area contributed by atoms with E-state index in [0.717, 1.165) is 18.6 Å². The predicted octanol–water partition coefficient (Wildman–Crippen LogP) is 1.10. The third-order valence-corrected chi connectivity index (χ3v) is 3.96. The maximum absolute atomic E-state index is 5.19. The summed E-state index contributed by atoms with van der Waals surface area (Å²) in [5.41, 5.74) is 0. The molecule has 0 aromatic rings. The third-order valence-electron chi connectivity index (χ3n) is 3.96. The van der Waals surface area contributed by atoms with Crippen molar-refractivity contribution in [3.8, 4) is 0 Å².